The van der Waals surface area contributed by atoms with Gasteiger partial charge in [-0.25, -0.2) is 0 Å². The van der Waals surface area contributed by atoms with Crippen molar-refractivity contribution in [1.29, 1.82) is 0 Å². The number of carbonyl (C=O) groups excluding carboxylic acids is 1. The molecule has 0 aliphatic heterocycles. The summed E-state index contributed by atoms with van der Waals surface area (Å²) in [7, 11) is 0. The molecule has 1 atom stereocenters. The van der Waals surface area contributed by atoms with Crippen LogP contribution in [0, 0.1) is 11.8 Å². The Labute approximate surface area is 81.7 Å². The summed E-state index contributed by atoms with van der Waals surface area (Å²) in [6.45, 7) is 8.95. The molecule has 0 spiro atoms. The quantitative estimate of drug-likeness (QED) is 0.596. The molecule has 0 rings (SSSR count). The van der Waals surface area contributed by atoms with Crippen molar-refractivity contribution < 1.29 is 9.53 Å². The van der Waals surface area contributed by atoms with Gasteiger partial charge in [-0.1, -0.05) is 34.1 Å². The molecule has 2 heteroatoms. The van der Waals surface area contributed by atoms with Crippen LogP contribution in [0.4, 0.5) is 0 Å². The van der Waals surface area contributed by atoms with E-state index in [-0.39, 0.29) is 5.97 Å². The highest BCUT2D eigenvalue weighted by Gasteiger charge is 2.06. The van der Waals surface area contributed by atoms with Gasteiger partial charge in [-0.15, -0.1) is 0 Å². The predicted molar refractivity (Wildman–Crippen MR) is 54.5 cm³/mol. The number of esters is 1. The van der Waals surface area contributed by atoms with Gasteiger partial charge in [0, 0.05) is 6.42 Å². The van der Waals surface area contributed by atoms with Gasteiger partial charge in [0.25, 0.3) is 0 Å². The molecule has 13 heavy (non-hydrogen) atoms. The molecule has 0 aromatic rings. The number of hydrogen-bond acceptors (Lipinski definition) is 2. The number of carbonyl (C=O) groups is 1. The molecule has 2 nitrogen and oxygen atoms in total. The minimum absolute atomic E-state index is 0.0472. The molecule has 1 unspecified atom stereocenters. The average molecular weight is 186 g/mol. The fraction of sp³-hybridized carbons (Fsp3) is 0.909. The summed E-state index contributed by atoms with van der Waals surface area (Å²) >= 11 is 0. The van der Waals surface area contributed by atoms with Gasteiger partial charge in [0.1, 0.15) is 0 Å². The first kappa shape index (κ1) is 12.5. The molecular formula is C11H22O2. The first-order valence-corrected chi connectivity index (χ1v) is 5.21. The van der Waals surface area contributed by atoms with Gasteiger partial charge in [-0.3, -0.25) is 4.79 Å². The maximum absolute atomic E-state index is 11.1. The zero-order valence-corrected chi connectivity index (χ0v) is 9.30. The van der Waals surface area contributed by atoms with Crippen LogP contribution >= 0.6 is 0 Å². The van der Waals surface area contributed by atoms with Crippen LogP contribution in [0.2, 0.25) is 0 Å². The first-order chi connectivity index (χ1) is 6.06. The zero-order valence-electron chi connectivity index (χ0n) is 9.30. The molecule has 0 bridgehead atoms. The summed E-state index contributed by atoms with van der Waals surface area (Å²) in [5, 5.41) is 0. The Kier molecular flexibility index (Phi) is 6.65. The van der Waals surface area contributed by atoms with E-state index >= 15 is 0 Å². The lowest BCUT2D eigenvalue weighted by Gasteiger charge is -2.09. The van der Waals surface area contributed by atoms with Crippen LogP contribution in [0.5, 0.6) is 0 Å². The van der Waals surface area contributed by atoms with Crippen LogP contribution in [0.25, 0.3) is 0 Å². The van der Waals surface area contributed by atoms with Gasteiger partial charge in [0.2, 0.25) is 0 Å². The summed E-state index contributed by atoms with van der Waals surface area (Å²) in [6.07, 6.45) is 2.66. The second-order valence-corrected chi connectivity index (χ2v) is 4.13. The topological polar surface area (TPSA) is 26.3 Å². The Bertz CT molecular complexity index is 141. The van der Waals surface area contributed by atoms with Crippen molar-refractivity contribution in [2.45, 2.75) is 47.0 Å². The molecule has 0 N–H and O–H groups in total. The molecule has 0 aromatic heterocycles. The van der Waals surface area contributed by atoms with Gasteiger partial charge in [-0.05, 0) is 18.3 Å². The van der Waals surface area contributed by atoms with Crippen molar-refractivity contribution >= 4 is 5.97 Å². The van der Waals surface area contributed by atoms with E-state index in [1.54, 1.807) is 0 Å². The molecule has 0 aliphatic rings. The standard InChI is InChI=1S/C11H22O2/c1-5-10(4)6-7-11(12)13-8-9(2)3/h9-10H,5-8H2,1-4H3. The van der Waals surface area contributed by atoms with E-state index in [9.17, 15) is 4.79 Å². The smallest absolute Gasteiger partial charge is 0.305 e. The van der Waals surface area contributed by atoms with Gasteiger partial charge in [0.05, 0.1) is 6.61 Å². The van der Waals surface area contributed by atoms with Crippen molar-refractivity contribution in [3.63, 3.8) is 0 Å². The second-order valence-electron chi connectivity index (χ2n) is 4.13. The maximum atomic E-state index is 11.1. The highest BCUT2D eigenvalue weighted by molar-refractivity contribution is 5.69. The van der Waals surface area contributed by atoms with Gasteiger partial charge < -0.3 is 4.74 Å². The highest BCUT2D eigenvalue weighted by atomic mass is 16.5. The first-order valence-electron chi connectivity index (χ1n) is 5.21. The molecule has 0 saturated carbocycles. The summed E-state index contributed by atoms with van der Waals surface area (Å²) in [4.78, 5) is 11.1. The Morgan fingerprint density at radius 3 is 2.38 bits per heavy atom. The number of hydrogen-bond donors (Lipinski definition) is 0. The van der Waals surface area contributed by atoms with Gasteiger partial charge in [-0.2, -0.15) is 0 Å². The molecule has 0 aromatic carbocycles. The van der Waals surface area contributed by atoms with Crippen molar-refractivity contribution in [1.82, 2.24) is 0 Å². The third-order valence-electron chi connectivity index (χ3n) is 2.12. The van der Waals surface area contributed by atoms with E-state index < -0.39 is 0 Å². The summed E-state index contributed by atoms with van der Waals surface area (Å²) < 4.78 is 5.06. The molecule has 0 amide bonds. The fourth-order valence-electron chi connectivity index (χ4n) is 0.900. The van der Waals surface area contributed by atoms with E-state index in [1.807, 2.05) is 13.8 Å². The van der Waals surface area contributed by atoms with Crippen molar-refractivity contribution in [2.24, 2.45) is 11.8 Å². The molecule has 78 valence electrons. The number of ether oxygens (including phenoxy) is 1. The Morgan fingerprint density at radius 2 is 1.92 bits per heavy atom. The van der Waals surface area contributed by atoms with E-state index in [4.69, 9.17) is 4.74 Å². The predicted octanol–water partition coefficient (Wildman–Crippen LogP) is 3.01. The Balaban J connectivity index is 3.40. The van der Waals surface area contributed by atoms with Crippen molar-refractivity contribution in [3.8, 4) is 0 Å². The Hall–Kier alpha value is -0.530. The van der Waals surface area contributed by atoms with Crippen LogP contribution in [0.1, 0.15) is 47.0 Å². The lowest BCUT2D eigenvalue weighted by molar-refractivity contribution is -0.145. The molecular weight excluding hydrogens is 164 g/mol. The van der Waals surface area contributed by atoms with Crippen molar-refractivity contribution in [2.75, 3.05) is 6.61 Å². The lowest BCUT2D eigenvalue weighted by atomic mass is 10.0. The van der Waals surface area contributed by atoms with Gasteiger partial charge >= 0.3 is 5.97 Å². The largest absolute Gasteiger partial charge is 0.465 e. The van der Waals surface area contributed by atoms with E-state index in [1.165, 1.54) is 0 Å². The minimum Gasteiger partial charge on any atom is -0.465 e. The summed E-state index contributed by atoms with van der Waals surface area (Å²) in [5.74, 6) is 1.02. The second kappa shape index (κ2) is 6.93. The molecule has 0 aliphatic carbocycles. The minimum atomic E-state index is -0.0472. The van der Waals surface area contributed by atoms with E-state index in [0.717, 1.165) is 12.8 Å². The normalized spacial score (nSPS) is 13.0. The summed E-state index contributed by atoms with van der Waals surface area (Å²) in [5.41, 5.74) is 0. The molecule has 0 fully saturated rings. The molecule has 0 radical (unpaired) electrons. The fourth-order valence-corrected chi connectivity index (χ4v) is 0.900. The van der Waals surface area contributed by atoms with Crippen LogP contribution in [-0.4, -0.2) is 12.6 Å². The van der Waals surface area contributed by atoms with E-state index in [0.29, 0.717) is 24.9 Å². The molecule has 0 saturated heterocycles. The lowest BCUT2D eigenvalue weighted by Crippen LogP contribution is -2.10. The third-order valence-corrected chi connectivity index (χ3v) is 2.12. The SMILES string of the molecule is CCC(C)CCC(=O)OCC(C)C. The highest BCUT2D eigenvalue weighted by Crippen LogP contribution is 2.09. The van der Waals surface area contributed by atoms with E-state index in [2.05, 4.69) is 13.8 Å². The zero-order chi connectivity index (χ0) is 10.3. The van der Waals surface area contributed by atoms with Crippen LogP contribution < -0.4 is 0 Å². The van der Waals surface area contributed by atoms with Crippen LogP contribution in [0.3, 0.4) is 0 Å². The monoisotopic (exact) mass is 186 g/mol. The number of rotatable bonds is 6. The maximum Gasteiger partial charge on any atom is 0.305 e. The van der Waals surface area contributed by atoms with Crippen molar-refractivity contribution in [3.05, 3.63) is 0 Å². The van der Waals surface area contributed by atoms with Gasteiger partial charge in [0.15, 0.2) is 0 Å². The van der Waals surface area contributed by atoms with Crippen LogP contribution in [0.15, 0.2) is 0 Å². The average Bonchev–Trinajstić information content (AvgIpc) is 2.10. The molecule has 0 heterocycles. The third kappa shape index (κ3) is 7.82. The summed E-state index contributed by atoms with van der Waals surface area (Å²) in [6, 6.07) is 0. The van der Waals surface area contributed by atoms with Crippen LogP contribution in [-0.2, 0) is 9.53 Å². The Morgan fingerprint density at radius 1 is 1.31 bits per heavy atom.